The van der Waals surface area contributed by atoms with Gasteiger partial charge in [0.15, 0.2) is 0 Å². The first kappa shape index (κ1) is 14.1. The van der Waals surface area contributed by atoms with Crippen molar-refractivity contribution in [3.63, 3.8) is 0 Å². The fourth-order valence-electron chi connectivity index (χ4n) is 2.81. The van der Waals surface area contributed by atoms with Crippen LogP contribution in [-0.4, -0.2) is 28.0 Å². The highest BCUT2D eigenvalue weighted by molar-refractivity contribution is 5.82. The van der Waals surface area contributed by atoms with Gasteiger partial charge in [0.25, 0.3) is 0 Å². The summed E-state index contributed by atoms with van der Waals surface area (Å²) in [6, 6.07) is 3.97. The lowest BCUT2D eigenvalue weighted by atomic mass is 9.97. The van der Waals surface area contributed by atoms with Crippen molar-refractivity contribution in [1.82, 2.24) is 9.47 Å². The number of rotatable bonds is 3. The third-order valence-corrected chi connectivity index (χ3v) is 4.52. The minimum atomic E-state index is -0.380. The summed E-state index contributed by atoms with van der Waals surface area (Å²) in [4.78, 5) is 14.5. The number of carbonyl (C=O) groups excluding carboxylic acids is 1. The predicted octanol–water partition coefficient (Wildman–Crippen LogP) is 2.07. The van der Waals surface area contributed by atoms with Crippen LogP contribution in [0.3, 0.4) is 0 Å². The Balaban J connectivity index is 2.18. The van der Waals surface area contributed by atoms with Crippen molar-refractivity contribution >= 4 is 5.91 Å². The van der Waals surface area contributed by atoms with Crippen LogP contribution in [0.5, 0.6) is 0 Å². The van der Waals surface area contributed by atoms with E-state index >= 15 is 0 Å². The van der Waals surface area contributed by atoms with Crippen molar-refractivity contribution in [2.24, 2.45) is 11.7 Å². The summed E-state index contributed by atoms with van der Waals surface area (Å²) in [6.45, 7) is 9.95. The van der Waals surface area contributed by atoms with Gasteiger partial charge in [0, 0.05) is 24.5 Å². The quantitative estimate of drug-likeness (QED) is 0.907. The van der Waals surface area contributed by atoms with Gasteiger partial charge in [-0.3, -0.25) is 4.79 Å². The normalized spacial score (nSPS) is 21.9. The lowest BCUT2D eigenvalue weighted by molar-refractivity contribution is -0.137. The molecule has 0 fully saturated rings. The summed E-state index contributed by atoms with van der Waals surface area (Å²) < 4.78 is 2.29. The topological polar surface area (TPSA) is 51.3 Å². The molecule has 0 saturated heterocycles. The molecule has 4 nitrogen and oxygen atoms in total. The third-order valence-electron chi connectivity index (χ3n) is 4.52. The number of aromatic nitrogens is 1. The van der Waals surface area contributed by atoms with Crippen LogP contribution in [0.15, 0.2) is 12.1 Å². The Bertz CT molecular complexity index is 466. The molecule has 3 atom stereocenters. The van der Waals surface area contributed by atoms with Crippen LogP contribution in [0.1, 0.15) is 44.6 Å². The van der Waals surface area contributed by atoms with Crippen LogP contribution >= 0.6 is 0 Å². The summed E-state index contributed by atoms with van der Waals surface area (Å²) in [7, 11) is 0. The largest absolute Gasteiger partial charge is 0.345 e. The fourth-order valence-corrected chi connectivity index (χ4v) is 2.81. The first-order chi connectivity index (χ1) is 8.97. The van der Waals surface area contributed by atoms with Gasteiger partial charge < -0.3 is 15.2 Å². The summed E-state index contributed by atoms with van der Waals surface area (Å²) in [6.07, 6.45) is 0.935. The summed E-state index contributed by atoms with van der Waals surface area (Å²) in [5.41, 5.74) is 8.57. The van der Waals surface area contributed by atoms with Crippen molar-refractivity contribution in [3.05, 3.63) is 23.5 Å². The molecule has 1 aromatic heterocycles. The second-order valence-electron chi connectivity index (χ2n) is 5.67. The molecule has 0 saturated carbocycles. The lowest BCUT2D eigenvalue weighted by Crippen LogP contribution is -2.50. The van der Waals surface area contributed by atoms with E-state index in [0.717, 1.165) is 19.5 Å². The molecule has 2 heterocycles. The molecular formula is C15H25N3O. The number of nitrogens with two attached hydrogens (primary N) is 1. The van der Waals surface area contributed by atoms with Gasteiger partial charge in [-0.25, -0.2) is 0 Å². The lowest BCUT2D eigenvalue weighted by Gasteiger charge is -2.37. The highest BCUT2D eigenvalue weighted by atomic mass is 16.2. The summed E-state index contributed by atoms with van der Waals surface area (Å²) in [5.74, 6) is 0.321. The minimum absolute atomic E-state index is 0.0898. The summed E-state index contributed by atoms with van der Waals surface area (Å²) in [5, 5.41) is 0. The summed E-state index contributed by atoms with van der Waals surface area (Å²) >= 11 is 0. The molecule has 1 aliphatic rings. The van der Waals surface area contributed by atoms with Crippen LogP contribution in [0, 0.1) is 12.8 Å². The van der Waals surface area contributed by atoms with E-state index in [1.807, 2.05) is 11.8 Å². The zero-order chi connectivity index (χ0) is 14.2. The average molecular weight is 263 g/mol. The molecule has 0 radical (unpaired) electrons. The Morgan fingerprint density at radius 2 is 2.16 bits per heavy atom. The van der Waals surface area contributed by atoms with E-state index in [2.05, 4.69) is 37.5 Å². The van der Waals surface area contributed by atoms with E-state index < -0.39 is 0 Å². The van der Waals surface area contributed by atoms with E-state index in [0.29, 0.717) is 0 Å². The van der Waals surface area contributed by atoms with Gasteiger partial charge in [0.2, 0.25) is 5.91 Å². The van der Waals surface area contributed by atoms with E-state index in [9.17, 15) is 4.79 Å². The number of carbonyl (C=O) groups is 1. The molecule has 2 N–H and O–H groups in total. The maximum absolute atomic E-state index is 12.5. The number of aryl methyl sites for hydroxylation is 1. The Kier molecular flexibility index (Phi) is 3.99. The molecule has 0 bridgehead atoms. The van der Waals surface area contributed by atoms with Crippen LogP contribution in [0.4, 0.5) is 0 Å². The molecule has 106 valence electrons. The number of nitrogens with zero attached hydrogens (tertiary/aromatic N) is 2. The van der Waals surface area contributed by atoms with Crippen molar-refractivity contribution in [2.45, 2.75) is 52.7 Å². The Morgan fingerprint density at radius 1 is 1.47 bits per heavy atom. The molecule has 19 heavy (non-hydrogen) atoms. The zero-order valence-corrected chi connectivity index (χ0v) is 12.4. The van der Waals surface area contributed by atoms with Crippen molar-refractivity contribution < 1.29 is 4.79 Å². The number of amides is 1. The molecular weight excluding hydrogens is 238 g/mol. The number of fused-ring (bicyclic) bond motifs is 1. The van der Waals surface area contributed by atoms with Crippen molar-refractivity contribution in [1.29, 1.82) is 0 Å². The first-order valence-electron chi connectivity index (χ1n) is 7.19. The first-order valence-corrected chi connectivity index (χ1v) is 7.19. The van der Waals surface area contributed by atoms with Crippen LogP contribution < -0.4 is 5.73 Å². The van der Waals surface area contributed by atoms with E-state index in [4.69, 9.17) is 5.73 Å². The molecule has 4 heteroatoms. The van der Waals surface area contributed by atoms with Crippen molar-refractivity contribution in [2.75, 3.05) is 6.54 Å². The predicted molar refractivity (Wildman–Crippen MR) is 76.7 cm³/mol. The Labute approximate surface area is 115 Å². The van der Waals surface area contributed by atoms with Crippen LogP contribution in [-0.2, 0) is 11.3 Å². The second-order valence-corrected chi connectivity index (χ2v) is 5.67. The molecule has 2 rings (SSSR count). The molecule has 1 aromatic rings. The van der Waals surface area contributed by atoms with Gasteiger partial charge in [0.1, 0.15) is 0 Å². The molecule has 0 aromatic carbocycles. The third kappa shape index (κ3) is 2.41. The highest BCUT2D eigenvalue weighted by Gasteiger charge is 2.32. The monoisotopic (exact) mass is 263 g/mol. The standard InChI is InChI=1S/C15H25N3O/c1-5-10(2)14(16)15(19)18-9-8-17-11(3)6-7-13(17)12(18)4/h6-7,10,12,14H,5,8-9,16H2,1-4H3/t10-,12?,14-/m0/s1. The molecule has 0 spiro atoms. The number of hydrogen-bond donors (Lipinski definition) is 1. The SMILES string of the molecule is CC[C@H](C)[C@H](N)C(=O)N1CCn2c(C)ccc2C1C. The maximum Gasteiger partial charge on any atom is 0.240 e. The molecule has 0 aliphatic carbocycles. The van der Waals surface area contributed by atoms with Gasteiger partial charge in [0.05, 0.1) is 12.1 Å². The molecule has 1 aliphatic heterocycles. The minimum Gasteiger partial charge on any atom is -0.345 e. The highest BCUT2D eigenvalue weighted by Crippen LogP contribution is 2.28. The van der Waals surface area contributed by atoms with Crippen LogP contribution in [0.25, 0.3) is 0 Å². The van der Waals surface area contributed by atoms with Gasteiger partial charge in [-0.05, 0) is 31.9 Å². The van der Waals surface area contributed by atoms with Gasteiger partial charge in [-0.1, -0.05) is 20.3 Å². The van der Waals surface area contributed by atoms with Crippen LogP contribution in [0.2, 0.25) is 0 Å². The van der Waals surface area contributed by atoms with Gasteiger partial charge >= 0.3 is 0 Å². The Hall–Kier alpha value is -1.29. The molecule has 1 unspecified atom stereocenters. The van der Waals surface area contributed by atoms with Gasteiger partial charge in [-0.15, -0.1) is 0 Å². The van der Waals surface area contributed by atoms with Gasteiger partial charge in [-0.2, -0.15) is 0 Å². The number of hydrogen-bond acceptors (Lipinski definition) is 2. The van der Waals surface area contributed by atoms with E-state index in [-0.39, 0.29) is 23.9 Å². The Morgan fingerprint density at radius 3 is 2.79 bits per heavy atom. The zero-order valence-electron chi connectivity index (χ0n) is 12.4. The fraction of sp³-hybridized carbons (Fsp3) is 0.667. The second kappa shape index (κ2) is 5.37. The molecule has 1 amide bonds. The van der Waals surface area contributed by atoms with E-state index in [1.54, 1.807) is 0 Å². The smallest absolute Gasteiger partial charge is 0.240 e. The van der Waals surface area contributed by atoms with Crippen molar-refractivity contribution in [3.8, 4) is 0 Å². The maximum atomic E-state index is 12.5. The van der Waals surface area contributed by atoms with E-state index in [1.165, 1.54) is 11.4 Å². The average Bonchev–Trinajstić information content (AvgIpc) is 2.79.